The first-order valence-electron chi connectivity index (χ1n) is 6.21. The first-order chi connectivity index (χ1) is 9.38. The molecule has 0 aliphatic rings. The summed E-state index contributed by atoms with van der Waals surface area (Å²) in [6, 6.07) is 29.2. The van der Waals surface area contributed by atoms with Gasteiger partial charge in [0.05, 0.1) is 0 Å². The van der Waals surface area contributed by atoms with E-state index in [2.05, 4.69) is 0 Å². The van der Waals surface area contributed by atoms with Gasteiger partial charge in [-0.1, -0.05) is 84.9 Å². The minimum atomic E-state index is 0.328. The Kier molecular flexibility index (Phi) is 4.77. The maximum absolute atomic E-state index is 9.56. The monoisotopic (exact) mass is 248 g/mol. The van der Waals surface area contributed by atoms with Crippen molar-refractivity contribution in [1.82, 2.24) is 0 Å². The third-order valence-electron chi connectivity index (χ3n) is 2.66. The molecule has 0 saturated heterocycles. The van der Waals surface area contributed by atoms with Crippen LogP contribution in [0.1, 0.15) is 0 Å². The van der Waals surface area contributed by atoms with Gasteiger partial charge in [0.1, 0.15) is 5.75 Å². The van der Waals surface area contributed by atoms with E-state index < -0.39 is 0 Å². The van der Waals surface area contributed by atoms with Gasteiger partial charge >= 0.3 is 0 Å². The van der Waals surface area contributed by atoms with Crippen molar-refractivity contribution in [3.05, 3.63) is 91.0 Å². The number of para-hydroxylation sites is 1. The molecule has 0 bridgehead atoms. The van der Waals surface area contributed by atoms with Crippen LogP contribution < -0.4 is 0 Å². The van der Waals surface area contributed by atoms with Crippen LogP contribution in [0.25, 0.3) is 11.1 Å². The molecule has 0 spiro atoms. The second-order valence-corrected chi connectivity index (χ2v) is 4.04. The quantitative estimate of drug-likeness (QED) is 0.659. The van der Waals surface area contributed by atoms with Crippen LogP contribution in [-0.4, -0.2) is 5.11 Å². The summed E-state index contributed by atoms with van der Waals surface area (Å²) in [4.78, 5) is 0. The zero-order valence-electron chi connectivity index (χ0n) is 10.6. The number of hydrogen-bond acceptors (Lipinski definition) is 1. The van der Waals surface area contributed by atoms with Gasteiger partial charge in [0.25, 0.3) is 0 Å². The Morgan fingerprint density at radius 1 is 0.474 bits per heavy atom. The molecule has 3 aromatic carbocycles. The zero-order chi connectivity index (χ0) is 13.3. The van der Waals surface area contributed by atoms with Gasteiger partial charge in [-0.3, -0.25) is 0 Å². The van der Waals surface area contributed by atoms with Crippen molar-refractivity contribution in [3.63, 3.8) is 0 Å². The molecule has 0 aliphatic carbocycles. The number of phenolic OH excluding ortho intramolecular Hbond substituents is 1. The minimum Gasteiger partial charge on any atom is -0.507 e. The van der Waals surface area contributed by atoms with Gasteiger partial charge in [0, 0.05) is 5.56 Å². The summed E-state index contributed by atoms with van der Waals surface area (Å²) >= 11 is 0. The molecule has 1 heteroatoms. The molecule has 0 heterocycles. The average Bonchev–Trinajstić information content (AvgIpc) is 2.51. The molecule has 0 aliphatic heterocycles. The van der Waals surface area contributed by atoms with Gasteiger partial charge in [-0.05, 0) is 11.6 Å². The smallest absolute Gasteiger partial charge is 0.123 e. The van der Waals surface area contributed by atoms with Crippen molar-refractivity contribution in [2.24, 2.45) is 0 Å². The maximum Gasteiger partial charge on any atom is 0.123 e. The lowest BCUT2D eigenvalue weighted by molar-refractivity contribution is 0.477. The Morgan fingerprint density at radius 3 is 1.42 bits per heavy atom. The molecule has 3 aromatic rings. The summed E-state index contributed by atoms with van der Waals surface area (Å²) in [5.41, 5.74) is 1.92. The molecule has 0 radical (unpaired) electrons. The fourth-order valence-electron chi connectivity index (χ4n) is 1.72. The Bertz CT molecular complexity index is 562. The highest BCUT2D eigenvalue weighted by molar-refractivity contribution is 5.69. The van der Waals surface area contributed by atoms with Crippen LogP contribution in [-0.2, 0) is 0 Å². The molecule has 0 saturated carbocycles. The van der Waals surface area contributed by atoms with E-state index in [9.17, 15) is 5.11 Å². The van der Waals surface area contributed by atoms with E-state index in [1.54, 1.807) is 6.07 Å². The summed E-state index contributed by atoms with van der Waals surface area (Å²) < 4.78 is 0. The van der Waals surface area contributed by atoms with Crippen LogP contribution in [0.2, 0.25) is 0 Å². The second kappa shape index (κ2) is 7.02. The van der Waals surface area contributed by atoms with Crippen LogP contribution in [0.4, 0.5) is 0 Å². The fraction of sp³-hybridized carbons (Fsp3) is 0. The van der Waals surface area contributed by atoms with Gasteiger partial charge in [-0.15, -0.1) is 0 Å². The summed E-state index contributed by atoms with van der Waals surface area (Å²) in [7, 11) is 0. The zero-order valence-corrected chi connectivity index (χ0v) is 10.6. The number of phenols is 1. The van der Waals surface area contributed by atoms with Crippen LogP contribution in [0.5, 0.6) is 5.75 Å². The second-order valence-electron chi connectivity index (χ2n) is 4.04. The maximum atomic E-state index is 9.56. The molecule has 1 N–H and O–H groups in total. The molecule has 0 fully saturated rings. The molecule has 0 unspecified atom stereocenters. The number of aromatic hydroxyl groups is 1. The summed E-state index contributed by atoms with van der Waals surface area (Å²) in [5, 5.41) is 9.56. The molecular weight excluding hydrogens is 232 g/mol. The summed E-state index contributed by atoms with van der Waals surface area (Å²) in [6.45, 7) is 0. The minimum absolute atomic E-state index is 0.328. The highest BCUT2D eigenvalue weighted by Crippen LogP contribution is 2.27. The molecule has 0 aromatic heterocycles. The van der Waals surface area contributed by atoms with Crippen molar-refractivity contribution < 1.29 is 5.11 Å². The molecule has 0 atom stereocenters. The number of hydrogen-bond donors (Lipinski definition) is 1. The van der Waals surface area contributed by atoms with E-state index in [1.165, 1.54) is 0 Å². The SMILES string of the molecule is Oc1ccccc1-c1ccccc1.c1ccccc1. The fourth-order valence-corrected chi connectivity index (χ4v) is 1.72. The van der Waals surface area contributed by atoms with Crippen molar-refractivity contribution in [2.45, 2.75) is 0 Å². The lowest BCUT2D eigenvalue weighted by atomic mass is 10.1. The summed E-state index contributed by atoms with van der Waals surface area (Å²) in [6.07, 6.45) is 0. The molecular formula is C18H16O. The Morgan fingerprint density at radius 2 is 0.895 bits per heavy atom. The molecule has 3 rings (SSSR count). The van der Waals surface area contributed by atoms with Crippen molar-refractivity contribution >= 4 is 0 Å². The van der Waals surface area contributed by atoms with Crippen molar-refractivity contribution in [1.29, 1.82) is 0 Å². The van der Waals surface area contributed by atoms with E-state index in [4.69, 9.17) is 0 Å². The lowest BCUT2D eigenvalue weighted by Crippen LogP contribution is -1.76. The predicted molar refractivity (Wildman–Crippen MR) is 80.0 cm³/mol. The van der Waals surface area contributed by atoms with E-state index in [0.29, 0.717) is 5.75 Å². The third-order valence-corrected chi connectivity index (χ3v) is 2.66. The van der Waals surface area contributed by atoms with Crippen molar-refractivity contribution in [2.75, 3.05) is 0 Å². The Balaban J connectivity index is 0.000000186. The highest BCUT2D eigenvalue weighted by Gasteiger charge is 2.00. The van der Waals surface area contributed by atoms with Gasteiger partial charge in [-0.2, -0.15) is 0 Å². The van der Waals surface area contributed by atoms with Gasteiger partial charge in [-0.25, -0.2) is 0 Å². The molecule has 19 heavy (non-hydrogen) atoms. The first-order valence-corrected chi connectivity index (χ1v) is 6.21. The first kappa shape index (κ1) is 12.9. The summed E-state index contributed by atoms with van der Waals surface area (Å²) in [5.74, 6) is 0.328. The van der Waals surface area contributed by atoms with Gasteiger partial charge in [0.2, 0.25) is 0 Å². The van der Waals surface area contributed by atoms with E-state index in [1.807, 2.05) is 84.9 Å². The van der Waals surface area contributed by atoms with Crippen molar-refractivity contribution in [3.8, 4) is 16.9 Å². The molecule has 0 amide bonds. The third kappa shape index (κ3) is 4.00. The normalized spacial score (nSPS) is 9.26. The number of benzene rings is 3. The highest BCUT2D eigenvalue weighted by atomic mass is 16.3. The lowest BCUT2D eigenvalue weighted by Gasteiger charge is -2.02. The predicted octanol–water partition coefficient (Wildman–Crippen LogP) is 4.75. The van der Waals surface area contributed by atoms with Crippen LogP contribution in [0, 0.1) is 0 Å². The largest absolute Gasteiger partial charge is 0.507 e. The van der Waals surface area contributed by atoms with Crippen LogP contribution >= 0.6 is 0 Å². The van der Waals surface area contributed by atoms with E-state index in [-0.39, 0.29) is 0 Å². The standard InChI is InChI=1S/C12H10O.C6H6/c13-12-9-5-4-8-11(12)10-6-2-1-3-7-10;1-2-4-6-5-3-1/h1-9,13H;1-6H. The Labute approximate surface area is 113 Å². The van der Waals surface area contributed by atoms with Gasteiger partial charge < -0.3 is 5.11 Å². The van der Waals surface area contributed by atoms with Gasteiger partial charge in [0.15, 0.2) is 0 Å². The Hall–Kier alpha value is -2.54. The average molecular weight is 248 g/mol. The number of rotatable bonds is 1. The van der Waals surface area contributed by atoms with E-state index in [0.717, 1.165) is 11.1 Å². The van der Waals surface area contributed by atoms with Crippen LogP contribution in [0.3, 0.4) is 0 Å². The van der Waals surface area contributed by atoms with Crippen LogP contribution in [0.15, 0.2) is 91.0 Å². The topological polar surface area (TPSA) is 20.2 Å². The van der Waals surface area contributed by atoms with E-state index >= 15 is 0 Å². The molecule has 94 valence electrons. The molecule has 1 nitrogen and oxygen atoms in total.